The molecule has 0 bridgehead atoms. The van der Waals surface area contributed by atoms with Crippen LogP contribution in [0.1, 0.15) is 25.3 Å². The number of nitrogens with one attached hydrogen (secondary N) is 1. The number of carbonyl (C=O) groups excluding carboxylic acids is 1. The lowest BCUT2D eigenvalue weighted by Crippen LogP contribution is -2.37. The van der Waals surface area contributed by atoms with Crippen LogP contribution in [0, 0.1) is 5.82 Å². The summed E-state index contributed by atoms with van der Waals surface area (Å²) in [6.45, 7) is 1.30. The highest BCUT2D eigenvalue weighted by Crippen LogP contribution is 2.22. The summed E-state index contributed by atoms with van der Waals surface area (Å²) >= 11 is 0. The van der Waals surface area contributed by atoms with Gasteiger partial charge in [-0.3, -0.25) is 4.79 Å². The van der Waals surface area contributed by atoms with E-state index in [-0.39, 0.29) is 18.6 Å². The molecule has 0 heterocycles. The fraction of sp³-hybridized carbons (Fsp3) is 0.462. The molecule has 2 N–H and O–H groups in total. The number of aliphatic hydroxyl groups excluding tert-OH is 1. The third kappa shape index (κ3) is 3.20. The molecule has 1 fully saturated rings. The predicted molar refractivity (Wildman–Crippen MR) is 63.6 cm³/mol. The summed E-state index contributed by atoms with van der Waals surface area (Å²) in [5.41, 5.74) is 0.334. The Hall–Kier alpha value is -1.62. The number of hydrogen-bond acceptors (Lipinski definition) is 3. The van der Waals surface area contributed by atoms with Crippen molar-refractivity contribution in [3.63, 3.8) is 0 Å². The standard InChI is InChI=1S/C13H16FNO3/c1-8(13(17)15-11-3-4-11)18-12-5-2-10(14)6-9(12)7-16/h2,5-6,8,11,16H,3-4,7H2,1H3,(H,15,17). The van der Waals surface area contributed by atoms with Crippen LogP contribution in [-0.4, -0.2) is 23.2 Å². The van der Waals surface area contributed by atoms with Gasteiger partial charge < -0.3 is 15.2 Å². The first kappa shape index (κ1) is 12.8. The minimum absolute atomic E-state index is 0.189. The van der Waals surface area contributed by atoms with E-state index < -0.39 is 11.9 Å². The zero-order chi connectivity index (χ0) is 13.1. The Labute approximate surface area is 105 Å². The van der Waals surface area contributed by atoms with Crippen molar-refractivity contribution in [2.24, 2.45) is 0 Å². The molecular formula is C13H16FNO3. The summed E-state index contributed by atoms with van der Waals surface area (Å²) in [5, 5.41) is 11.9. The minimum atomic E-state index is -0.665. The van der Waals surface area contributed by atoms with Crippen LogP contribution in [0.5, 0.6) is 5.75 Å². The summed E-state index contributed by atoms with van der Waals surface area (Å²) in [5.74, 6) is -0.301. The molecule has 5 heteroatoms. The number of benzene rings is 1. The Balaban J connectivity index is 2.00. The van der Waals surface area contributed by atoms with Gasteiger partial charge in [0.25, 0.3) is 5.91 Å². The van der Waals surface area contributed by atoms with Crippen LogP contribution >= 0.6 is 0 Å². The van der Waals surface area contributed by atoms with Crippen LogP contribution in [0.2, 0.25) is 0 Å². The average Bonchev–Trinajstić information content (AvgIpc) is 3.15. The van der Waals surface area contributed by atoms with Gasteiger partial charge in [-0.15, -0.1) is 0 Å². The van der Waals surface area contributed by atoms with Gasteiger partial charge in [0.05, 0.1) is 6.61 Å². The van der Waals surface area contributed by atoms with E-state index in [1.165, 1.54) is 18.2 Å². The summed E-state index contributed by atoms with van der Waals surface area (Å²) in [7, 11) is 0. The van der Waals surface area contributed by atoms with E-state index in [4.69, 9.17) is 9.84 Å². The van der Waals surface area contributed by atoms with E-state index in [0.29, 0.717) is 11.3 Å². The van der Waals surface area contributed by atoms with Crippen molar-refractivity contribution in [3.8, 4) is 5.75 Å². The van der Waals surface area contributed by atoms with Crippen molar-refractivity contribution >= 4 is 5.91 Å². The predicted octanol–water partition coefficient (Wildman–Crippen LogP) is 1.36. The molecular weight excluding hydrogens is 237 g/mol. The molecule has 1 unspecified atom stereocenters. The number of amides is 1. The van der Waals surface area contributed by atoms with E-state index in [9.17, 15) is 9.18 Å². The molecule has 1 aliphatic carbocycles. The van der Waals surface area contributed by atoms with Crippen molar-refractivity contribution in [3.05, 3.63) is 29.6 Å². The van der Waals surface area contributed by atoms with Crippen LogP contribution in [0.15, 0.2) is 18.2 Å². The highest BCUT2D eigenvalue weighted by atomic mass is 19.1. The number of hydrogen-bond donors (Lipinski definition) is 2. The van der Waals surface area contributed by atoms with Crippen molar-refractivity contribution in [2.45, 2.75) is 38.5 Å². The molecule has 0 saturated heterocycles. The smallest absolute Gasteiger partial charge is 0.260 e. The molecule has 0 spiro atoms. The second-order valence-electron chi connectivity index (χ2n) is 4.45. The zero-order valence-corrected chi connectivity index (χ0v) is 10.1. The Morgan fingerprint density at radius 1 is 1.61 bits per heavy atom. The monoisotopic (exact) mass is 253 g/mol. The van der Waals surface area contributed by atoms with E-state index in [1.807, 2.05) is 0 Å². The van der Waals surface area contributed by atoms with Crippen LogP contribution < -0.4 is 10.1 Å². The molecule has 18 heavy (non-hydrogen) atoms. The van der Waals surface area contributed by atoms with Gasteiger partial charge in [0.15, 0.2) is 6.10 Å². The minimum Gasteiger partial charge on any atom is -0.481 e. The van der Waals surface area contributed by atoms with Gasteiger partial charge in [0.1, 0.15) is 11.6 Å². The SMILES string of the molecule is CC(Oc1ccc(F)cc1CO)C(=O)NC1CC1. The first-order valence-electron chi connectivity index (χ1n) is 5.96. The van der Waals surface area contributed by atoms with Crippen LogP contribution in [0.3, 0.4) is 0 Å². The van der Waals surface area contributed by atoms with E-state index in [2.05, 4.69) is 5.32 Å². The quantitative estimate of drug-likeness (QED) is 0.833. The Bertz CT molecular complexity index is 446. The third-order valence-corrected chi connectivity index (χ3v) is 2.79. The lowest BCUT2D eigenvalue weighted by Gasteiger charge is -2.16. The number of halogens is 1. The summed E-state index contributed by atoms with van der Waals surface area (Å²) in [6.07, 6.45) is 1.36. The third-order valence-electron chi connectivity index (χ3n) is 2.79. The highest BCUT2D eigenvalue weighted by Gasteiger charge is 2.26. The number of aliphatic hydroxyl groups is 1. The van der Waals surface area contributed by atoms with E-state index in [0.717, 1.165) is 12.8 Å². The molecule has 0 aliphatic heterocycles. The molecule has 1 aromatic carbocycles. The normalized spacial score (nSPS) is 16.2. The fourth-order valence-electron chi connectivity index (χ4n) is 1.58. The molecule has 1 aromatic rings. The van der Waals surface area contributed by atoms with Gasteiger partial charge >= 0.3 is 0 Å². The van der Waals surface area contributed by atoms with Crippen LogP contribution in [-0.2, 0) is 11.4 Å². The molecule has 4 nitrogen and oxygen atoms in total. The molecule has 98 valence electrons. The van der Waals surface area contributed by atoms with E-state index >= 15 is 0 Å². The maximum atomic E-state index is 13.0. The largest absolute Gasteiger partial charge is 0.481 e. The first-order valence-corrected chi connectivity index (χ1v) is 5.96. The van der Waals surface area contributed by atoms with Crippen molar-refractivity contribution in [1.82, 2.24) is 5.32 Å². The molecule has 1 atom stereocenters. The second-order valence-corrected chi connectivity index (χ2v) is 4.45. The van der Waals surface area contributed by atoms with Crippen molar-refractivity contribution in [2.75, 3.05) is 0 Å². The molecule has 1 saturated carbocycles. The summed E-state index contributed by atoms with van der Waals surface area (Å²) in [6, 6.07) is 4.12. The van der Waals surface area contributed by atoms with Gasteiger partial charge in [-0.25, -0.2) is 4.39 Å². The first-order chi connectivity index (χ1) is 8.60. The zero-order valence-electron chi connectivity index (χ0n) is 10.1. The molecule has 0 radical (unpaired) electrons. The van der Waals surface area contributed by atoms with Gasteiger partial charge in [-0.1, -0.05) is 0 Å². The summed E-state index contributed by atoms with van der Waals surface area (Å²) < 4.78 is 18.4. The van der Waals surface area contributed by atoms with Gasteiger partial charge in [-0.2, -0.15) is 0 Å². The summed E-state index contributed by atoms with van der Waals surface area (Å²) in [4.78, 5) is 11.7. The fourth-order valence-corrected chi connectivity index (χ4v) is 1.58. The van der Waals surface area contributed by atoms with Crippen molar-refractivity contribution in [1.29, 1.82) is 0 Å². The lowest BCUT2D eigenvalue weighted by atomic mass is 10.2. The second kappa shape index (κ2) is 5.35. The number of rotatable bonds is 5. The Morgan fingerprint density at radius 2 is 2.33 bits per heavy atom. The highest BCUT2D eigenvalue weighted by molar-refractivity contribution is 5.81. The lowest BCUT2D eigenvalue weighted by molar-refractivity contribution is -0.127. The number of ether oxygens (including phenoxy) is 1. The molecule has 0 aromatic heterocycles. The topological polar surface area (TPSA) is 58.6 Å². The number of carbonyl (C=O) groups is 1. The van der Waals surface area contributed by atoms with E-state index in [1.54, 1.807) is 6.92 Å². The Morgan fingerprint density at radius 3 is 2.94 bits per heavy atom. The maximum Gasteiger partial charge on any atom is 0.260 e. The van der Waals surface area contributed by atoms with Crippen molar-refractivity contribution < 1.29 is 19.0 Å². The maximum absolute atomic E-state index is 13.0. The molecule has 2 rings (SSSR count). The van der Waals surface area contributed by atoms with Gasteiger partial charge in [0, 0.05) is 11.6 Å². The van der Waals surface area contributed by atoms with Crippen LogP contribution in [0.4, 0.5) is 4.39 Å². The van der Waals surface area contributed by atoms with Crippen LogP contribution in [0.25, 0.3) is 0 Å². The Kier molecular flexibility index (Phi) is 3.81. The average molecular weight is 253 g/mol. The van der Waals surface area contributed by atoms with Gasteiger partial charge in [0.2, 0.25) is 0 Å². The molecule has 1 amide bonds. The van der Waals surface area contributed by atoms with Gasteiger partial charge in [-0.05, 0) is 38.0 Å². The molecule has 1 aliphatic rings.